The summed E-state index contributed by atoms with van der Waals surface area (Å²) in [6, 6.07) is 12.1. The maximum atomic E-state index is 13.1. The van der Waals surface area contributed by atoms with Gasteiger partial charge in [0.25, 0.3) is 0 Å². The number of carbonyl (C=O) groups excluding carboxylic acids is 1. The van der Waals surface area contributed by atoms with Crippen molar-refractivity contribution in [1.82, 2.24) is 0 Å². The summed E-state index contributed by atoms with van der Waals surface area (Å²) in [6.07, 6.45) is 2.99. The average Bonchev–Trinajstić information content (AvgIpc) is 2.48. The highest BCUT2D eigenvalue weighted by Crippen LogP contribution is 2.23. The van der Waals surface area contributed by atoms with Crippen LogP contribution in [0.1, 0.15) is 31.9 Å². The van der Waals surface area contributed by atoms with E-state index in [-0.39, 0.29) is 17.0 Å². The third-order valence-corrected chi connectivity index (χ3v) is 3.47. The van der Waals surface area contributed by atoms with Gasteiger partial charge in [0.1, 0.15) is 5.82 Å². The maximum absolute atomic E-state index is 13.1. The standard InChI is InChI=1S/C19H21FN2O/c1-19(2,3)14-6-8-15(9-7-14)22-18(23)11-5-13-4-10-16(20)17(21)12-13/h4-12H,21H2,1-3H3,(H,22,23)/b11-5+. The molecule has 0 heterocycles. The summed E-state index contributed by atoms with van der Waals surface area (Å²) in [7, 11) is 0. The molecule has 0 saturated carbocycles. The fourth-order valence-corrected chi connectivity index (χ4v) is 2.08. The number of nitrogen functional groups attached to an aromatic ring is 1. The Morgan fingerprint density at radius 1 is 1.13 bits per heavy atom. The summed E-state index contributed by atoms with van der Waals surface area (Å²) in [5.41, 5.74) is 8.22. The molecule has 4 heteroatoms. The number of hydrogen-bond acceptors (Lipinski definition) is 2. The van der Waals surface area contributed by atoms with Crippen LogP contribution in [0.5, 0.6) is 0 Å². The van der Waals surface area contributed by atoms with Crippen LogP contribution < -0.4 is 11.1 Å². The van der Waals surface area contributed by atoms with Crippen LogP contribution in [-0.4, -0.2) is 5.91 Å². The largest absolute Gasteiger partial charge is 0.396 e. The third kappa shape index (κ3) is 4.68. The van der Waals surface area contributed by atoms with Crippen LogP contribution in [0.3, 0.4) is 0 Å². The fourth-order valence-electron chi connectivity index (χ4n) is 2.08. The number of benzene rings is 2. The lowest BCUT2D eigenvalue weighted by atomic mass is 9.87. The van der Waals surface area contributed by atoms with Crippen molar-refractivity contribution in [1.29, 1.82) is 0 Å². The van der Waals surface area contributed by atoms with E-state index in [4.69, 9.17) is 5.73 Å². The number of halogens is 1. The van der Waals surface area contributed by atoms with E-state index in [1.165, 1.54) is 23.8 Å². The minimum atomic E-state index is -0.467. The molecular weight excluding hydrogens is 291 g/mol. The number of nitrogens with two attached hydrogens (primary N) is 1. The first-order valence-electron chi connectivity index (χ1n) is 7.40. The molecule has 0 aliphatic rings. The molecule has 0 unspecified atom stereocenters. The summed E-state index contributed by atoms with van der Waals surface area (Å²) < 4.78 is 13.1. The summed E-state index contributed by atoms with van der Waals surface area (Å²) in [6.45, 7) is 6.41. The third-order valence-electron chi connectivity index (χ3n) is 3.47. The van der Waals surface area contributed by atoms with Crippen LogP contribution >= 0.6 is 0 Å². The van der Waals surface area contributed by atoms with Crippen molar-refractivity contribution in [3.63, 3.8) is 0 Å². The number of rotatable bonds is 3. The van der Waals surface area contributed by atoms with Crippen LogP contribution in [0.25, 0.3) is 6.08 Å². The number of hydrogen-bond donors (Lipinski definition) is 2. The van der Waals surface area contributed by atoms with E-state index in [0.29, 0.717) is 5.56 Å². The van der Waals surface area contributed by atoms with Gasteiger partial charge in [0.05, 0.1) is 5.69 Å². The van der Waals surface area contributed by atoms with Crippen molar-refractivity contribution >= 4 is 23.4 Å². The Balaban J connectivity index is 2.01. The molecule has 2 rings (SSSR count). The monoisotopic (exact) mass is 312 g/mol. The van der Waals surface area contributed by atoms with E-state index >= 15 is 0 Å². The van der Waals surface area contributed by atoms with Crippen molar-refractivity contribution in [2.75, 3.05) is 11.1 Å². The molecule has 0 aromatic heterocycles. The Morgan fingerprint density at radius 3 is 2.35 bits per heavy atom. The van der Waals surface area contributed by atoms with Crippen molar-refractivity contribution in [3.05, 3.63) is 65.5 Å². The number of nitrogens with one attached hydrogen (secondary N) is 1. The minimum absolute atomic E-state index is 0.0605. The van der Waals surface area contributed by atoms with Gasteiger partial charge in [-0.05, 0) is 46.9 Å². The van der Waals surface area contributed by atoms with Crippen molar-refractivity contribution in [3.8, 4) is 0 Å². The first-order chi connectivity index (χ1) is 10.8. The van der Waals surface area contributed by atoms with Gasteiger partial charge in [0, 0.05) is 11.8 Å². The second kappa shape index (κ2) is 6.65. The number of carbonyl (C=O) groups is 1. The molecule has 3 nitrogen and oxygen atoms in total. The highest BCUT2D eigenvalue weighted by atomic mass is 19.1. The fraction of sp³-hybridized carbons (Fsp3) is 0.211. The van der Waals surface area contributed by atoms with Gasteiger partial charge in [0.2, 0.25) is 5.91 Å². The van der Waals surface area contributed by atoms with Gasteiger partial charge in [-0.2, -0.15) is 0 Å². The predicted molar refractivity (Wildman–Crippen MR) is 93.6 cm³/mol. The van der Waals surface area contributed by atoms with Crippen LogP contribution in [-0.2, 0) is 10.2 Å². The van der Waals surface area contributed by atoms with Crippen LogP contribution in [0.4, 0.5) is 15.8 Å². The van der Waals surface area contributed by atoms with Crippen LogP contribution in [0, 0.1) is 5.82 Å². The molecule has 0 bridgehead atoms. The van der Waals surface area contributed by atoms with E-state index < -0.39 is 5.82 Å². The smallest absolute Gasteiger partial charge is 0.248 e. The van der Waals surface area contributed by atoms with E-state index in [1.807, 2.05) is 24.3 Å². The lowest BCUT2D eigenvalue weighted by Crippen LogP contribution is -2.12. The lowest BCUT2D eigenvalue weighted by Gasteiger charge is -2.19. The van der Waals surface area contributed by atoms with Crippen molar-refractivity contribution in [2.45, 2.75) is 26.2 Å². The van der Waals surface area contributed by atoms with Gasteiger partial charge in [-0.1, -0.05) is 39.0 Å². The van der Waals surface area contributed by atoms with Gasteiger partial charge in [-0.3, -0.25) is 4.79 Å². The van der Waals surface area contributed by atoms with E-state index in [9.17, 15) is 9.18 Å². The van der Waals surface area contributed by atoms with E-state index in [1.54, 1.807) is 12.1 Å². The Morgan fingerprint density at radius 2 is 1.78 bits per heavy atom. The Labute approximate surface area is 136 Å². The second-order valence-corrected chi connectivity index (χ2v) is 6.43. The minimum Gasteiger partial charge on any atom is -0.396 e. The van der Waals surface area contributed by atoms with Gasteiger partial charge in [-0.25, -0.2) is 4.39 Å². The molecule has 0 saturated heterocycles. The zero-order chi connectivity index (χ0) is 17.0. The summed E-state index contributed by atoms with van der Waals surface area (Å²) in [5, 5.41) is 2.79. The quantitative estimate of drug-likeness (QED) is 0.653. The summed E-state index contributed by atoms with van der Waals surface area (Å²) in [5.74, 6) is -0.720. The second-order valence-electron chi connectivity index (χ2n) is 6.43. The highest BCUT2D eigenvalue weighted by molar-refractivity contribution is 6.01. The van der Waals surface area contributed by atoms with E-state index in [0.717, 1.165) is 5.69 Å². The normalized spacial score (nSPS) is 11.7. The van der Waals surface area contributed by atoms with E-state index in [2.05, 4.69) is 26.1 Å². The Kier molecular flexibility index (Phi) is 4.84. The van der Waals surface area contributed by atoms with Gasteiger partial charge in [-0.15, -0.1) is 0 Å². The summed E-state index contributed by atoms with van der Waals surface area (Å²) in [4.78, 5) is 11.9. The molecule has 2 aromatic carbocycles. The zero-order valence-corrected chi connectivity index (χ0v) is 13.6. The molecule has 1 amide bonds. The lowest BCUT2D eigenvalue weighted by molar-refractivity contribution is -0.111. The molecule has 0 aliphatic carbocycles. The predicted octanol–water partition coefficient (Wildman–Crippen LogP) is 4.36. The molecular formula is C19H21FN2O. The number of amides is 1. The first kappa shape index (κ1) is 16.7. The Hall–Kier alpha value is -2.62. The SMILES string of the molecule is CC(C)(C)c1ccc(NC(=O)/C=C/c2ccc(F)c(N)c2)cc1. The molecule has 0 aliphatic heterocycles. The molecule has 23 heavy (non-hydrogen) atoms. The van der Waals surface area contributed by atoms with Gasteiger partial charge < -0.3 is 11.1 Å². The maximum Gasteiger partial charge on any atom is 0.248 e. The molecule has 0 radical (unpaired) electrons. The molecule has 0 atom stereocenters. The molecule has 2 aromatic rings. The molecule has 120 valence electrons. The molecule has 3 N–H and O–H groups in total. The summed E-state index contributed by atoms with van der Waals surface area (Å²) >= 11 is 0. The zero-order valence-electron chi connectivity index (χ0n) is 13.6. The van der Waals surface area contributed by atoms with Gasteiger partial charge >= 0.3 is 0 Å². The molecule has 0 fully saturated rings. The van der Waals surface area contributed by atoms with Crippen LogP contribution in [0.2, 0.25) is 0 Å². The van der Waals surface area contributed by atoms with Crippen LogP contribution in [0.15, 0.2) is 48.5 Å². The molecule has 0 spiro atoms. The first-order valence-corrected chi connectivity index (χ1v) is 7.40. The Bertz CT molecular complexity index is 728. The van der Waals surface area contributed by atoms with Gasteiger partial charge in [0.15, 0.2) is 0 Å². The topological polar surface area (TPSA) is 55.1 Å². The highest BCUT2D eigenvalue weighted by Gasteiger charge is 2.12. The number of anilines is 2. The van der Waals surface area contributed by atoms with Crippen molar-refractivity contribution in [2.24, 2.45) is 0 Å². The average molecular weight is 312 g/mol. The van der Waals surface area contributed by atoms with Crippen molar-refractivity contribution < 1.29 is 9.18 Å².